The maximum Gasteiger partial charge on any atom is 0.407 e. The van der Waals surface area contributed by atoms with Gasteiger partial charge in [0.25, 0.3) is 0 Å². The zero-order valence-corrected chi connectivity index (χ0v) is 19.0. The molecular weight excluding hydrogens is 449 g/mol. The lowest BCUT2D eigenvalue weighted by molar-refractivity contribution is -0.160. The van der Waals surface area contributed by atoms with E-state index in [2.05, 4.69) is 5.32 Å². The fraction of sp³-hybridized carbons (Fsp3) is 0.417. The van der Waals surface area contributed by atoms with Gasteiger partial charge < -0.3 is 15.1 Å². The molecule has 1 aliphatic heterocycles. The predicted molar refractivity (Wildman–Crippen MR) is 123 cm³/mol. The molecule has 0 spiro atoms. The minimum Gasteiger partial charge on any atom is -0.456 e. The highest BCUT2D eigenvalue weighted by molar-refractivity contribution is 6.07. The van der Waals surface area contributed by atoms with Gasteiger partial charge >= 0.3 is 6.18 Å². The molecule has 0 saturated carbocycles. The van der Waals surface area contributed by atoms with Gasteiger partial charge in [-0.05, 0) is 43.3 Å². The Kier molecular flexibility index (Phi) is 6.55. The van der Waals surface area contributed by atoms with E-state index in [0.717, 1.165) is 12.2 Å². The molecule has 10 heteroatoms. The molecular formula is C24H27F3N4O3. The van der Waals surface area contributed by atoms with Crippen LogP contribution in [-0.2, 0) is 9.59 Å². The molecule has 2 amide bonds. The molecule has 2 aromatic carbocycles. The van der Waals surface area contributed by atoms with Gasteiger partial charge in [-0.25, -0.2) is 0 Å². The highest BCUT2D eigenvalue weighted by Gasteiger charge is 2.42. The van der Waals surface area contributed by atoms with Crippen molar-refractivity contribution < 1.29 is 27.2 Å². The number of nitrogens with zero attached hydrogens (tertiary/aromatic N) is 2. The van der Waals surface area contributed by atoms with Crippen molar-refractivity contribution in [1.82, 2.24) is 10.2 Å². The van der Waals surface area contributed by atoms with Crippen LogP contribution in [0.4, 0.5) is 18.9 Å². The van der Waals surface area contributed by atoms with E-state index >= 15 is 0 Å². The number of piperazine rings is 1. The summed E-state index contributed by atoms with van der Waals surface area (Å²) in [7, 11) is 1.89. The number of hydrogen-bond acceptors (Lipinski definition) is 5. The summed E-state index contributed by atoms with van der Waals surface area (Å²) in [4.78, 5) is 27.8. The Balaban J connectivity index is 1.71. The number of carbonyl (C=O) groups excluding carboxylic acids is 2. The summed E-state index contributed by atoms with van der Waals surface area (Å²) < 4.78 is 47.6. The molecule has 3 N–H and O–H groups in total. The number of likely N-dealkylation sites (N-methyl/N-ethyl adjacent to an activating group) is 1. The van der Waals surface area contributed by atoms with E-state index < -0.39 is 24.2 Å². The summed E-state index contributed by atoms with van der Waals surface area (Å²) in [6.07, 6.45) is -3.94. The number of furan rings is 1. The first-order chi connectivity index (χ1) is 16.1. The van der Waals surface area contributed by atoms with Gasteiger partial charge in [-0.3, -0.25) is 19.8 Å². The standard InChI is InChI=1S/C24H27F3N4O3/c1-3-4-18(23(28)33)29-22(24(25,26)27)14-5-7-16-17-12-15(6-8-19(17)34-20(16)11-14)31-10-9-30(2)13-21(31)32/h5-8,11-12,18,22,29H,3-4,9-10,13H2,1-2H3,(H2,28,33)/t18?,22-/m0/s1. The first-order valence-corrected chi connectivity index (χ1v) is 11.2. The third-order valence-corrected chi connectivity index (χ3v) is 6.15. The average molecular weight is 476 g/mol. The van der Waals surface area contributed by atoms with Crippen LogP contribution in [0.1, 0.15) is 31.4 Å². The van der Waals surface area contributed by atoms with Crippen LogP contribution in [-0.4, -0.2) is 55.6 Å². The molecule has 2 heterocycles. The number of rotatable bonds is 7. The fourth-order valence-corrected chi connectivity index (χ4v) is 4.37. The fourth-order valence-electron chi connectivity index (χ4n) is 4.37. The van der Waals surface area contributed by atoms with E-state index in [1.54, 1.807) is 30.0 Å². The molecule has 2 atom stereocenters. The smallest absolute Gasteiger partial charge is 0.407 e. The summed E-state index contributed by atoms with van der Waals surface area (Å²) in [5, 5.41) is 3.73. The molecule has 4 rings (SSSR count). The van der Waals surface area contributed by atoms with E-state index in [9.17, 15) is 22.8 Å². The van der Waals surface area contributed by atoms with Crippen LogP contribution in [0.3, 0.4) is 0 Å². The van der Waals surface area contributed by atoms with Crippen molar-refractivity contribution in [3.8, 4) is 0 Å². The van der Waals surface area contributed by atoms with Crippen molar-refractivity contribution in [1.29, 1.82) is 0 Å². The van der Waals surface area contributed by atoms with Crippen LogP contribution in [0, 0.1) is 0 Å². The Hall–Kier alpha value is -3.11. The Bertz CT molecular complexity index is 1220. The van der Waals surface area contributed by atoms with Crippen LogP contribution in [0.25, 0.3) is 21.9 Å². The highest BCUT2D eigenvalue weighted by atomic mass is 19.4. The van der Waals surface area contributed by atoms with Crippen LogP contribution < -0.4 is 16.0 Å². The summed E-state index contributed by atoms with van der Waals surface area (Å²) in [5.74, 6) is -0.842. The maximum absolute atomic E-state index is 13.9. The third kappa shape index (κ3) is 4.74. The van der Waals surface area contributed by atoms with Gasteiger partial charge in [0.05, 0.1) is 12.6 Å². The predicted octanol–water partition coefficient (Wildman–Crippen LogP) is 3.71. The van der Waals surface area contributed by atoms with Crippen LogP contribution in [0.5, 0.6) is 0 Å². The lowest BCUT2D eigenvalue weighted by Gasteiger charge is -2.32. The molecule has 1 aliphatic rings. The zero-order valence-electron chi connectivity index (χ0n) is 19.0. The number of fused-ring (bicyclic) bond motifs is 3. The lowest BCUT2D eigenvalue weighted by Crippen LogP contribution is -2.48. The summed E-state index contributed by atoms with van der Waals surface area (Å²) in [5.41, 5.74) is 6.75. The van der Waals surface area contributed by atoms with Gasteiger partial charge in [-0.2, -0.15) is 13.2 Å². The van der Waals surface area contributed by atoms with E-state index in [1.807, 2.05) is 18.0 Å². The Morgan fingerprint density at radius 2 is 1.91 bits per heavy atom. The van der Waals surface area contributed by atoms with Gasteiger partial charge in [0.15, 0.2) is 0 Å². The molecule has 3 aromatic rings. The Labute approximate surface area is 194 Å². The van der Waals surface area contributed by atoms with Crippen LogP contribution in [0.15, 0.2) is 40.8 Å². The molecule has 7 nitrogen and oxygen atoms in total. The number of halogens is 3. The van der Waals surface area contributed by atoms with Crippen LogP contribution >= 0.6 is 0 Å². The first-order valence-electron chi connectivity index (χ1n) is 11.2. The van der Waals surface area contributed by atoms with Gasteiger partial charge in [-0.1, -0.05) is 25.5 Å². The minimum absolute atomic E-state index is 0.0154. The van der Waals surface area contributed by atoms with Crippen molar-refractivity contribution in [3.63, 3.8) is 0 Å². The second kappa shape index (κ2) is 9.27. The number of amides is 2. The van der Waals surface area contributed by atoms with Gasteiger partial charge in [-0.15, -0.1) is 0 Å². The van der Waals surface area contributed by atoms with Crippen molar-refractivity contribution in [2.24, 2.45) is 5.73 Å². The SMILES string of the molecule is CCCC(N[C@@H](c1ccc2c(c1)oc1ccc(N3CCN(C)CC3=O)cc12)C(F)(F)F)C(N)=O. The first kappa shape index (κ1) is 24.0. The van der Waals surface area contributed by atoms with Gasteiger partial charge in [0.2, 0.25) is 11.8 Å². The number of carbonyl (C=O) groups is 2. The molecule has 1 aromatic heterocycles. The van der Waals surface area contributed by atoms with E-state index in [4.69, 9.17) is 10.2 Å². The van der Waals surface area contributed by atoms with E-state index in [1.165, 1.54) is 12.1 Å². The number of nitrogens with one attached hydrogen (secondary N) is 1. The monoisotopic (exact) mass is 476 g/mol. The second-order valence-electron chi connectivity index (χ2n) is 8.71. The zero-order chi connectivity index (χ0) is 24.6. The molecule has 1 saturated heterocycles. The number of anilines is 1. The summed E-state index contributed by atoms with van der Waals surface area (Å²) >= 11 is 0. The molecule has 182 valence electrons. The summed E-state index contributed by atoms with van der Waals surface area (Å²) in [6, 6.07) is 6.43. The molecule has 0 aliphatic carbocycles. The van der Waals surface area contributed by atoms with Gasteiger partial charge in [0.1, 0.15) is 17.2 Å². The number of nitrogens with two attached hydrogens (primary N) is 1. The Morgan fingerprint density at radius 1 is 1.15 bits per heavy atom. The number of benzene rings is 2. The molecule has 34 heavy (non-hydrogen) atoms. The van der Waals surface area contributed by atoms with Crippen molar-refractivity contribution in [2.75, 3.05) is 31.6 Å². The topological polar surface area (TPSA) is 91.8 Å². The van der Waals surface area contributed by atoms with E-state index in [-0.39, 0.29) is 23.5 Å². The molecule has 1 unspecified atom stereocenters. The van der Waals surface area contributed by atoms with Crippen molar-refractivity contribution in [3.05, 3.63) is 42.0 Å². The quantitative estimate of drug-likeness (QED) is 0.543. The third-order valence-electron chi connectivity index (χ3n) is 6.15. The van der Waals surface area contributed by atoms with Crippen molar-refractivity contribution in [2.45, 2.75) is 38.0 Å². The molecule has 0 radical (unpaired) electrons. The van der Waals surface area contributed by atoms with Gasteiger partial charge in [0, 0.05) is 29.5 Å². The summed E-state index contributed by atoms with van der Waals surface area (Å²) in [6.45, 7) is 3.39. The largest absolute Gasteiger partial charge is 0.456 e. The highest BCUT2D eigenvalue weighted by Crippen LogP contribution is 2.38. The second-order valence-corrected chi connectivity index (χ2v) is 8.71. The number of alkyl halides is 3. The minimum atomic E-state index is -4.64. The number of primary amides is 1. The molecule has 1 fully saturated rings. The van der Waals surface area contributed by atoms with Crippen LogP contribution in [0.2, 0.25) is 0 Å². The maximum atomic E-state index is 13.9. The number of hydrogen-bond donors (Lipinski definition) is 2. The Morgan fingerprint density at radius 3 is 2.56 bits per heavy atom. The lowest BCUT2D eigenvalue weighted by atomic mass is 10.0. The average Bonchev–Trinajstić information content (AvgIpc) is 3.12. The van der Waals surface area contributed by atoms with Crippen molar-refractivity contribution >= 4 is 39.4 Å². The molecule has 0 bridgehead atoms. The van der Waals surface area contributed by atoms with E-state index in [0.29, 0.717) is 35.9 Å². The normalized spacial score (nSPS) is 17.4.